The maximum absolute atomic E-state index is 12.1. The number of H-pyrrole nitrogens is 1. The average molecular weight is 244 g/mol. The molecule has 0 aliphatic carbocycles. The van der Waals surface area contributed by atoms with E-state index < -0.39 is 0 Å². The molecule has 2 aromatic rings. The van der Waals surface area contributed by atoms with Crippen LogP contribution in [0.3, 0.4) is 0 Å². The van der Waals surface area contributed by atoms with Crippen molar-refractivity contribution in [3.8, 4) is 0 Å². The highest BCUT2D eigenvalue weighted by molar-refractivity contribution is 5.88. The quantitative estimate of drug-likeness (QED) is 0.869. The first kappa shape index (κ1) is 12.8. The van der Waals surface area contributed by atoms with E-state index in [9.17, 15) is 4.79 Å². The third-order valence-corrected chi connectivity index (χ3v) is 3.59. The van der Waals surface area contributed by atoms with Gasteiger partial charge in [0.2, 0.25) is 0 Å². The van der Waals surface area contributed by atoms with E-state index in [1.807, 2.05) is 14.0 Å². The number of aromatic amines is 1. The molecule has 2 N–H and O–H groups in total. The van der Waals surface area contributed by atoms with Gasteiger partial charge in [-0.1, -0.05) is 12.1 Å². The fourth-order valence-electron chi connectivity index (χ4n) is 2.52. The Kier molecular flexibility index (Phi) is 3.53. The maximum atomic E-state index is 12.1. The first-order valence-electron chi connectivity index (χ1n) is 6.32. The number of fused-ring (bicyclic) bond motifs is 1. The Morgan fingerprint density at radius 1 is 1.17 bits per heavy atom. The van der Waals surface area contributed by atoms with E-state index in [2.05, 4.69) is 36.3 Å². The molecule has 0 spiro atoms. The lowest BCUT2D eigenvalue weighted by Crippen LogP contribution is -2.20. The Morgan fingerprint density at radius 2 is 1.83 bits per heavy atom. The van der Waals surface area contributed by atoms with Crippen molar-refractivity contribution in [2.24, 2.45) is 0 Å². The van der Waals surface area contributed by atoms with Crippen LogP contribution in [0.5, 0.6) is 0 Å². The van der Waals surface area contributed by atoms with Crippen molar-refractivity contribution in [2.45, 2.75) is 27.2 Å². The average Bonchev–Trinajstić information content (AvgIpc) is 2.33. The van der Waals surface area contributed by atoms with Gasteiger partial charge in [-0.15, -0.1) is 0 Å². The number of nitrogens with one attached hydrogen (secondary N) is 2. The summed E-state index contributed by atoms with van der Waals surface area (Å²) in [5.74, 6) is 0. The van der Waals surface area contributed by atoms with Gasteiger partial charge in [0.15, 0.2) is 0 Å². The first-order valence-corrected chi connectivity index (χ1v) is 6.32. The van der Waals surface area contributed by atoms with Crippen LogP contribution in [0.1, 0.15) is 22.3 Å². The Hall–Kier alpha value is -1.61. The van der Waals surface area contributed by atoms with Crippen molar-refractivity contribution < 1.29 is 0 Å². The molecule has 0 saturated heterocycles. The fourth-order valence-corrected chi connectivity index (χ4v) is 2.52. The highest BCUT2D eigenvalue weighted by Crippen LogP contribution is 2.24. The van der Waals surface area contributed by atoms with Crippen LogP contribution in [0.25, 0.3) is 10.9 Å². The Bertz CT molecular complexity index is 641. The molecular formula is C15H20N2O. The van der Waals surface area contributed by atoms with Crippen LogP contribution in [0.2, 0.25) is 0 Å². The van der Waals surface area contributed by atoms with Crippen LogP contribution in [-0.4, -0.2) is 18.6 Å². The van der Waals surface area contributed by atoms with E-state index in [1.165, 1.54) is 10.9 Å². The van der Waals surface area contributed by atoms with Crippen molar-refractivity contribution in [3.05, 3.63) is 44.7 Å². The highest BCUT2D eigenvalue weighted by Gasteiger charge is 2.11. The molecule has 0 amide bonds. The Balaban J connectivity index is 2.76. The number of hydrogen-bond donors (Lipinski definition) is 2. The molecule has 0 bridgehead atoms. The summed E-state index contributed by atoms with van der Waals surface area (Å²) in [6.45, 7) is 6.99. The van der Waals surface area contributed by atoms with Gasteiger partial charge >= 0.3 is 0 Å². The zero-order valence-electron chi connectivity index (χ0n) is 11.5. The zero-order chi connectivity index (χ0) is 13.3. The predicted molar refractivity (Wildman–Crippen MR) is 76.4 cm³/mol. The number of benzene rings is 1. The summed E-state index contributed by atoms with van der Waals surface area (Å²) in [7, 11) is 1.90. The van der Waals surface area contributed by atoms with Crippen molar-refractivity contribution in [2.75, 3.05) is 13.6 Å². The Labute approximate surface area is 107 Å². The van der Waals surface area contributed by atoms with E-state index in [0.717, 1.165) is 35.2 Å². The topological polar surface area (TPSA) is 44.9 Å². The van der Waals surface area contributed by atoms with Crippen LogP contribution in [0, 0.1) is 20.8 Å². The summed E-state index contributed by atoms with van der Waals surface area (Å²) >= 11 is 0. The van der Waals surface area contributed by atoms with Gasteiger partial charge in [0.05, 0.1) is 5.52 Å². The number of hydrogen-bond acceptors (Lipinski definition) is 2. The number of likely N-dealkylation sites (N-methyl/N-ethyl adjacent to an activating group) is 1. The lowest BCUT2D eigenvalue weighted by Gasteiger charge is -2.12. The summed E-state index contributed by atoms with van der Waals surface area (Å²) in [4.78, 5) is 15.2. The van der Waals surface area contributed by atoms with Gasteiger partial charge in [0.1, 0.15) is 0 Å². The summed E-state index contributed by atoms with van der Waals surface area (Å²) < 4.78 is 0. The monoisotopic (exact) mass is 244 g/mol. The SMILES string of the molecule is CNCCc1c(C)c2c(C)ccc(C)c2[nH]c1=O. The van der Waals surface area contributed by atoms with Gasteiger partial charge in [-0.2, -0.15) is 0 Å². The minimum atomic E-state index is 0.0453. The molecule has 0 aliphatic heterocycles. The van der Waals surface area contributed by atoms with E-state index in [4.69, 9.17) is 0 Å². The van der Waals surface area contributed by atoms with Crippen molar-refractivity contribution in [1.82, 2.24) is 10.3 Å². The normalized spacial score (nSPS) is 11.1. The molecule has 96 valence electrons. The molecule has 0 saturated carbocycles. The van der Waals surface area contributed by atoms with Gasteiger partial charge in [0.25, 0.3) is 5.56 Å². The van der Waals surface area contributed by atoms with Crippen LogP contribution < -0.4 is 10.9 Å². The summed E-state index contributed by atoms with van der Waals surface area (Å²) in [6.07, 6.45) is 0.765. The highest BCUT2D eigenvalue weighted by atomic mass is 16.1. The molecule has 0 atom stereocenters. The molecule has 3 heteroatoms. The molecular weight excluding hydrogens is 224 g/mol. The van der Waals surface area contributed by atoms with Gasteiger partial charge in [-0.25, -0.2) is 0 Å². The molecule has 1 aromatic carbocycles. The second-order valence-corrected chi connectivity index (χ2v) is 4.86. The molecule has 0 aliphatic rings. The molecule has 0 radical (unpaired) electrons. The molecule has 1 heterocycles. The number of aromatic nitrogens is 1. The van der Waals surface area contributed by atoms with Gasteiger partial charge in [-0.05, 0) is 57.5 Å². The summed E-state index contributed by atoms with van der Waals surface area (Å²) in [6, 6.07) is 4.17. The standard InChI is InChI=1S/C15H20N2O/c1-9-5-6-10(2)14-13(9)11(3)12(7-8-16-4)15(18)17-14/h5-6,16H,7-8H2,1-4H3,(H,17,18). The summed E-state index contributed by atoms with van der Waals surface area (Å²) in [5.41, 5.74) is 5.37. The minimum absolute atomic E-state index is 0.0453. The predicted octanol–water partition coefficient (Wildman–Crippen LogP) is 2.22. The first-order chi connectivity index (χ1) is 8.56. The Morgan fingerprint density at radius 3 is 2.50 bits per heavy atom. The molecule has 3 nitrogen and oxygen atoms in total. The second-order valence-electron chi connectivity index (χ2n) is 4.86. The van der Waals surface area contributed by atoms with E-state index in [0.29, 0.717) is 0 Å². The van der Waals surface area contributed by atoms with Gasteiger partial charge in [-0.3, -0.25) is 4.79 Å². The van der Waals surface area contributed by atoms with Crippen molar-refractivity contribution in [1.29, 1.82) is 0 Å². The number of aryl methyl sites for hydroxylation is 3. The third kappa shape index (κ3) is 2.06. The third-order valence-electron chi connectivity index (χ3n) is 3.59. The van der Waals surface area contributed by atoms with E-state index in [1.54, 1.807) is 0 Å². The minimum Gasteiger partial charge on any atom is -0.321 e. The molecule has 18 heavy (non-hydrogen) atoms. The lowest BCUT2D eigenvalue weighted by atomic mass is 9.97. The van der Waals surface area contributed by atoms with Crippen LogP contribution >= 0.6 is 0 Å². The number of rotatable bonds is 3. The molecule has 1 aromatic heterocycles. The fraction of sp³-hybridized carbons (Fsp3) is 0.400. The zero-order valence-corrected chi connectivity index (χ0v) is 11.5. The van der Waals surface area contributed by atoms with Crippen LogP contribution in [0.4, 0.5) is 0 Å². The maximum Gasteiger partial charge on any atom is 0.251 e. The smallest absolute Gasteiger partial charge is 0.251 e. The van der Waals surface area contributed by atoms with Crippen molar-refractivity contribution in [3.63, 3.8) is 0 Å². The van der Waals surface area contributed by atoms with Gasteiger partial charge < -0.3 is 10.3 Å². The molecule has 2 rings (SSSR count). The van der Waals surface area contributed by atoms with E-state index >= 15 is 0 Å². The largest absolute Gasteiger partial charge is 0.321 e. The van der Waals surface area contributed by atoms with Crippen LogP contribution in [0.15, 0.2) is 16.9 Å². The summed E-state index contributed by atoms with van der Waals surface area (Å²) in [5, 5.41) is 4.29. The van der Waals surface area contributed by atoms with Gasteiger partial charge in [0, 0.05) is 10.9 Å². The number of pyridine rings is 1. The van der Waals surface area contributed by atoms with Crippen LogP contribution in [-0.2, 0) is 6.42 Å². The lowest BCUT2D eigenvalue weighted by molar-refractivity contribution is 0.783. The molecule has 0 unspecified atom stereocenters. The molecule has 0 fully saturated rings. The van der Waals surface area contributed by atoms with Crippen molar-refractivity contribution >= 4 is 10.9 Å². The van der Waals surface area contributed by atoms with E-state index in [-0.39, 0.29) is 5.56 Å². The second kappa shape index (κ2) is 4.94.